The van der Waals surface area contributed by atoms with Crippen molar-refractivity contribution in [2.45, 2.75) is 105 Å². The Bertz CT molecular complexity index is 1430. The molecule has 0 atom stereocenters. The minimum absolute atomic E-state index is 0.0205. The van der Waals surface area contributed by atoms with Crippen molar-refractivity contribution in [1.29, 1.82) is 0 Å². The average Bonchev–Trinajstić information content (AvgIpc) is 3.27. The monoisotopic (exact) mass is 627 g/mol. The molecule has 0 bridgehead atoms. The van der Waals surface area contributed by atoms with Gasteiger partial charge in [0.05, 0.1) is 5.41 Å². The third-order valence-electron chi connectivity index (χ3n) is 9.08. The van der Waals surface area contributed by atoms with Crippen molar-refractivity contribution in [3.8, 4) is 0 Å². The minimum Gasteiger partial charge on any atom is -0.344 e. The summed E-state index contributed by atoms with van der Waals surface area (Å²) in [5, 5.41) is 0. The molecule has 0 saturated heterocycles. The van der Waals surface area contributed by atoms with Crippen LogP contribution in [0.25, 0.3) is 0 Å². The SMILES string of the molecule is CCCCCN1C(=CC=CC(Br)=CC=CC2=[N+](CCCCC)c3ccc(C)cc3C2(C)C)C(C)(C)c2cc(C)ccc21. The lowest BCUT2D eigenvalue weighted by atomic mass is 9.81. The highest BCUT2D eigenvalue weighted by Gasteiger charge is 2.44. The molecule has 0 aromatic heterocycles. The van der Waals surface area contributed by atoms with E-state index in [1.807, 2.05) is 0 Å². The number of rotatable bonds is 12. The van der Waals surface area contributed by atoms with E-state index in [0.29, 0.717) is 0 Å². The third kappa shape index (κ3) is 6.77. The fourth-order valence-electron chi connectivity index (χ4n) is 6.62. The zero-order valence-corrected chi connectivity index (χ0v) is 28.9. The van der Waals surface area contributed by atoms with Crippen molar-refractivity contribution in [2.24, 2.45) is 0 Å². The molecule has 2 heterocycles. The minimum atomic E-state index is -0.0205. The zero-order valence-electron chi connectivity index (χ0n) is 27.4. The topological polar surface area (TPSA) is 6.25 Å². The summed E-state index contributed by atoms with van der Waals surface area (Å²) in [7, 11) is 0. The second-order valence-electron chi connectivity index (χ2n) is 13.2. The van der Waals surface area contributed by atoms with E-state index >= 15 is 0 Å². The van der Waals surface area contributed by atoms with Crippen LogP contribution in [0.2, 0.25) is 0 Å². The van der Waals surface area contributed by atoms with Gasteiger partial charge in [-0.1, -0.05) is 104 Å². The van der Waals surface area contributed by atoms with Crippen LogP contribution < -0.4 is 4.90 Å². The number of fused-ring (bicyclic) bond motifs is 2. The molecule has 0 radical (unpaired) electrons. The van der Waals surface area contributed by atoms with E-state index in [2.05, 4.69) is 154 Å². The number of halogens is 1. The van der Waals surface area contributed by atoms with Gasteiger partial charge >= 0.3 is 0 Å². The van der Waals surface area contributed by atoms with Gasteiger partial charge in [-0.25, -0.2) is 0 Å². The van der Waals surface area contributed by atoms with E-state index in [9.17, 15) is 0 Å². The Morgan fingerprint density at radius 3 is 2.21 bits per heavy atom. The normalized spacial score (nSPS) is 18.6. The Morgan fingerprint density at radius 2 is 1.50 bits per heavy atom. The van der Waals surface area contributed by atoms with Gasteiger partial charge in [0.1, 0.15) is 6.54 Å². The third-order valence-corrected chi connectivity index (χ3v) is 9.61. The number of nitrogens with zero attached hydrogens (tertiary/aromatic N) is 2. The van der Waals surface area contributed by atoms with Gasteiger partial charge in [-0.2, -0.15) is 4.58 Å². The molecule has 42 heavy (non-hydrogen) atoms. The van der Waals surface area contributed by atoms with Crippen LogP contribution in [0, 0.1) is 13.8 Å². The maximum absolute atomic E-state index is 3.82. The standard InChI is InChI=1S/C39H52BrN2/c1-9-11-13-25-41-34-23-21-29(3)27-32(34)38(5,6)36(41)19-15-17-31(40)18-16-20-37-39(7,8)33-28-30(4)22-24-35(33)42(37)26-14-12-10-2/h15-24,27-28H,9-14,25-26H2,1-8H3/q+1. The lowest BCUT2D eigenvalue weighted by molar-refractivity contribution is -0.438. The second kappa shape index (κ2) is 13.8. The molecule has 2 aliphatic heterocycles. The average molecular weight is 629 g/mol. The van der Waals surface area contributed by atoms with E-state index in [-0.39, 0.29) is 10.8 Å². The fourth-order valence-corrected chi connectivity index (χ4v) is 6.92. The number of hydrogen-bond donors (Lipinski definition) is 0. The van der Waals surface area contributed by atoms with Gasteiger partial charge in [0.25, 0.3) is 0 Å². The summed E-state index contributed by atoms with van der Waals surface area (Å²) in [5.74, 6) is 0. The van der Waals surface area contributed by atoms with Crippen LogP contribution in [0.5, 0.6) is 0 Å². The maximum atomic E-state index is 3.82. The van der Waals surface area contributed by atoms with E-state index in [1.54, 1.807) is 0 Å². The van der Waals surface area contributed by atoms with Crippen molar-refractivity contribution in [3.63, 3.8) is 0 Å². The molecular weight excluding hydrogens is 576 g/mol. The number of aryl methyl sites for hydroxylation is 2. The molecule has 0 fully saturated rings. The summed E-state index contributed by atoms with van der Waals surface area (Å²) >= 11 is 3.82. The fraction of sp³-hybridized carbons (Fsp3) is 0.462. The Hall–Kier alpha value is -2.65. The van der Waals surface area contributed by atoms with Gasteiger partial charge in [0.2, 0.25) is 5.69 Å². The first-order valence-electron chi connectivity index (χ1n) is 16.1. The van der Waals surface area contributed by atoms with Gasteiger partial charge in [-0.05, 0) is 76.5 Å². The van der Waals surface area contributed by atoms with Gasteiger partial charge in [-0.3, -0.25) is 0 Å². The number of allylic oxidation sites excluding steroid dienone is 8. The summed E-state index contributed by atoms with van der Waals surface area (Å²) in [6.45, 7) is 20.5. The largest absolute Gasteiger partial charge is 0.344 e. The predicted octanol–water partition coefficient (Wildman–Crippen LogP) is 11.1. The van der Waals surface area contributed by atoms with Crippen LogP contribution in [0.3, 0.4) is 0 Å². The highest BCUT2D eigenvalue weighted by atomic mass is 79.9. The Labute approximate surface area is 264 Å². The molecule has 0 unspecified atom stereocenters. The number of benzene rings is 2. The van der Waals surface area contributed by atoms with Crippen molar-refractivity contribution >= 4 is 33.0 Å². The van der Waals surface area contributed by atoms with Crippen LogP contribution in [0.15, 0.2) is 83.0 Å². The van der Waals surface area contributed by atoms with Crippen LogP contribution in [0.4, 0.5) is 11.4 Å². The van der Waals surface area contributed by atoms with Crippen LogP contribution in [-0.4, -0.2) is 23.4 Å². The van der Waals surface area contributed by atoms with E-state index in [0.717, 1.165) is 17.6 Å². The van der Waals surface area contributed by atoms with Crippen molar-refractivity contribution < 1.29 is 4.58 Å². The highest BCUT2D eigenvalue weighted by Crippen LogP contribution is 2.48. The summed E-state index contributed by atoms with van der Waals surface area (Å²) in [5.41, 5.74) is 11.0. The molecule has 0 amide bonds. The molecule has 0 spiro atoms. The second-order valence-corrected chi connectivity index (χ2v) is 14.1. The van der Waals surface area contributed by atoms with Gasteiger partial charge in [0, 0.05) is 52.0 Å². The van der Waals surface area contributed by atoms with E-state index < -0.39 is 0 Å². The highest BCUT2D eigenvalue weighted by molar-refractivity contribution is 9.11. The molecule has 2 aliphatic rings. The van der Waals surface area contributed by atoms with Crippen molar-refractivity contribution in [2.75, 3.05) is 18.0 Å². The van der Waals surface area contributed by atoms with Crippen molar-refractivity contribution in [1.82, 2.24) is 0 Å². The number of anilines is 1. The molecule has 0 N–H and O–H groups in total. The van der Waals surface area contributed by atoms with Gasteiger partial charge in [-0.15, -0.1) is 0 Å². The predicted molar refractivity (Wildman–Crippen MR) is 188 cm³/mol. The first kappa shape index (κ1) is 32.3. The Balaban J connectivity index is 1.57. The Kier molecular flexibility index (Phi) is 10.6. The quantitative estimate of drug-likeness (QED) is 0.129. The number of hydrogen-bond acceptors (Lipinski definition) is 1. The summed E-state index contributed by atoms with van der Waals surface area (Å²) in [4.78, 5) is 2.55. The molecule has 2 nitrogen and oxygen atoms in total. The van der Waals surface area contributed by atoms with Gasteiger partial charge < -0.3 is 4.90 Å². The first-order valence-corrected chi connectivity index (χ1v) is 16.9. The first-order chi connectivity index (χ1) is 20.0. The lowest BCUT2D eigenvalue weighted by Gasteiger charge is -2.27. The lowest BCUT2D eigenvalue weighted by Crippen LogP contribution is -2.28. The van der Waals surface area contributed by atoms with Crippen molar-refractivity contribution in [3.05, 3.63) is 105 Å². The molecule has 0 saturated carbocycles. The zero-order chi connectivity index (χ0) is 30.5. The smallest absolute Gasteiger partial charge is 0.209 e. The van der Waals surface area contributed by atoms with Crippen LogP contribution >= 0.6 is 15.9 Å². The molecule has 4 rings (SSSR count). The summed E-state index contributed by atoms with van der Waals surface area (Å²) in [6, 6.07) is 13.9. The Morgan fingerprint density at radius 1 is 0.833 bits per heavy atom. The summed E-state index contributed by atoms with van der Waals surface area (Å²) < 4.78 is 3.62. The maximum Gasteiger partial charge on any atom is 0.209 e. The molecule has 2 aromatic carbocycles. The van der Waals surface area contributed by atoms with Crippen LogP contribution in [-0.2, 0) is 10.8 Å². The summed E-state index contributed by atoms with van der Waals surface area (Å²) in [6.07, 6.45) is 20.8. The molecular formula is C39H52BrN2+. The van der Waals surface area contributed by atoms with Crippen LogP contribution in [0.1, 0.15) is 102 Å². The number of unbranched alkanes of at least 4 members (excludes halogenated alkanes) is 4. The van der Waals surface area contributed by atoms with E-state index in [4.69, 9.17) is 0 Å². The molecule has 224 valence electrons. The van der Waals surface area contributed by atoms with Gasteiger partial charge in [0.15, 0.2) is 5.71 Å². The van der Waals surface area contributed by atoms with E-state index in [1.165, 1.54) is 83.6 Å². The molecule has 0 aliphatic carbocycles. The molecule has 3 heteroatoms. The molecule has 2 aromatic rings.